The Morgan fingerprint density at radius 3 is 2.09 bits per heavy atom. The lowest BCUT2D eigenvalue weighted by Crippen LogP contribution is -2.21. The lowest BCUT2D eigenvalue weighted by molar-refractivity contribution is -0.185. The summed E-state index contributed by atoms with van der Waals surface area (Å²) in [6, 6.07) is 8.29. The van der Waals surface area contributed by atoms with Crippen LogP contribution in [0.1, 0.15) is 30.0 Å². The van der Waals surface area contributed by atoms with Gasteiger partial charge in [0.1, 0.15) is 17.4 Å². The Hall–Kier alpha value is -3.43. The molecule has 1 nitrogen and oxygen atoms in total. The summed E-state index contributed by atoms with van der Waals surface area (Å²) in [5.74, 6) is -6.39. The van der Waals surface area contributed by atoms with Crippen molar-refractivity contribution >= 4 is 5.83 Å². The quantitative estimate of drug-likeness (QED) is 0.293. The third kappa shape index (κ3) is 6.17. The second-order valence-corrected chi connectivity index (χ2v) is 7.52. The van der Waals surface area contributed by atoms with E-state index in [1.54, 1.807) is 6.92 Å². The van der Waals surface area contributed by atoms with Crippen LogP contribution in [-0.4, -0.2) is 6.18 Å². The number of allylic oxidation sites excluding steroid dienone is 1. The second-order valence-electron chi connectivity index (χ2n) is 7.52. The van der Waals surface area contributed by atoms with Gasteiger partial charge in [-0.15, -0.1) is 0 Å². The standard InChI is InChI=1S/C25H17F9O/c1-2-3-15-6-10-18(23(29)22(15)28)14-4-7-16(8-5-14)25(33,34)35-17-9-11-19(20(26)12-17)21(27)13-24(30,31)32/h4-13H,2-3H2,1H3. The summed E-state index contributed by atoms with van der Waals surface area (Å²) >= 11 is 0. The zero-order chi connectivity index (χ0) is 26.0. The highest BCUT2D eigenvalue weighted by atomic mass is 19.4. The van der Waals surface area contributed by atoms with Crippen molar-refractivity contribution in [1.82, 2.24) is 0 Å². The van der Waals surface area contributed by atoms with Gasteiger partial charge < -0.3 is 4.74 Å². The van der Waals surface area contributed by atoms with Crippen LogP contribution in [-0.2, 0) is 12.5 Å². The Labute approximate surface area is 194 Å². The first-order valence-electron chi connectivity index (χ1n) is 10.2. The number of rotatable bonds is 7. The lowest BCUT2D eigenvalue weighted by atomic mass is 9.99. The van der Waals surface area contributed by atoms with Gasteiger partial charge in [-0.05, 0) is 41.8 Å². The fraction of sp³-hybridized carbons (Fsp3) is 0.200. The van der Waals surface area contributed by atoms with E-state index in [1.165, 1.54) is 12.1 Å². The van der Waals surface area contributed by atoms with Crippen LogP contribution >= 0.6 is 0 Å². The fourth-order valence-corrected chi connectivity index (χ4v) is 3.30. The molecule has 3 rings (SSSR count). The number of halogens is 9. The molecule has 0 saturated carbocycles. The van der Waals surface area contributed by atoms with E-state index in [0.29, 0.717) is 31.0 Å². The molecule has 3 aromatic carbocycles. The van der Waals surface area contributed by atoms with Crippen molar-refractivity contribution < 1.29 is 44.3 Å². The van der Waals surface area contributed by atoms with E-state index in [0.717, 1.165) is 24.3 Å². The molecule has 3 aromatic rings. The summed E-state index contributed by atoms with van der Waals surface area (Å²) in [5, 5.41) is 0. The van der Waals surface area contributed by atoms with E-state index in [4.69, 9.17) is 0 Å². The Morgan fingerprint density at radius 1 is 0.857 bits per heavy atom. The maximum atomic E-state index is 14.6. The molecule has 0 unspecified atom stereocenters. The summed E-state index contributed by atoms with van der Waals surface area (Å²) in [7, 11) is 0. The zero-order valence-electron chi connectivity index (χ0n) is 18.0. The van der Waals surface area contributed by atoms with Gasteiger partial charge in [0, 0.05) is 17.2 Å². The Kier molecular flexibility index (Phi) is 7.52. The highest BCUT2D eigenvalue weighted by Crippen LogP contribution is 2.35. The molecule has 0 aliphatic carbocycles. The lowest BCUT2D eigenvalue weighted by Gasteiger charge is -2.19. The number of hydrogen-bond donors (Lipinski definition) is 0. The number of aryl methyl sites for hydroxylation is 1. The normalized spacial score (nSPS) is 12.7. The molecule has 0 spiro atoms. The molecule has 0 atom stereocenters. The van der Waals surface area contributed by atoms with Crippen LogP contribution in [0.2, 0.25) is 0 Å². The summed E-state index contributed by atoms with van der Waals surface area (Å²) in [6.45, 7) is 1.80. The van der Waals surface area contributed by atoms with E-state index in [-0.39, 0.29) is 16.7 Å². The summed E-state index contributed by atoms with van der Waals surface area (Å²) in [6.07, 6.45) is -8.92. The van der Waals surface area contributed by atoms with Crippen molar-refractivity contribution in [2.24, 2.45) is 0 Å². The van der Waals surface area contributed by atoms with Gasteiger partial charge in [-0.3, -0.25) is 0 Å². The zero-order valence-corrected chi connectivity index (χ0v) is 18.0. The molecule has 0 saturated heterocycles. The molecular formula is C25H17F9O. The van der Waals surface area contributed by atoms with Gasteiger partial charge in [0.15, 0.2) is 11.6 Å². The Bertz CT molecular complexity index is 1230. The predicted octanol–water partition coefficient (Wildman–Crippen LogP) is 8.72. The van der Waals surface area contributed by atoms with Crippen molar-refractivity contribution in [3.8, 4) is 16.9 Å². The fourth-order valence-electron chi connectivity index (χ4n) is 3.30. The average molecular weight is 504 g/mol. The van der Waals surface area contributed by atoms with Gasteiger partial charge >= 0.3 is 12.3 Å². The van der Waals surface area contributed by atoms with Crippen molar-refractivity contribution in [2.45, 2.75) is 32.1 Å². The molecule has 0 amide bonds. The van der Waals surface area contributed by atoms with Crippen molar-refractivity contribution in [1.29, 1.82) is 0 Å². The molecule has 10 heteroatoms. The van der Waals surface area contributed by atoms with Crippen LogP contribution in [0.5, 0.6) is 5.75 Å². The van der Waals surface area contributed by atoms with Gasteiger partial charge in [-0.1, -0.05) is 37.6 Å². The third-order valence-corrected chi connectivity index (χ3v) is 4.95. The van der Waals surface area contributed by atoms with Crippen LogP contribution < -0.4 is 4.74 Å². The number of benzene rings is 3. The average Bonchev–Trinajstić information content (AvgIpc) is 2.76. The molecule has 186 valence electrons. The Balaban J connectivity index is 1.82. The minimum Gasteiger partial charge on any atom is -0.429 e. The van der Waals surface area contributed by atoms with E-state index >= 15 is 0 Å². The van der Waals surface area contributed by atoms with Gasteiger partial charge in [-0.25, -0.2) is 17.6 Å². The summed E-state index contributed by atoms with van der Waals surface area (Å²) in [4.78, 5) is 0. The first-order valence-corrected chi connectivity index (χ1v) is 10.2. The van der Waals surface area contributed by atoms with Gasteiger partial charge in [0.05, 0.1) is 11.6 Å². The van der Waals surface area contributed by atoms with E-state index in [9.17, 15) is 39.5 Å². The van der Waals surface area contributed by atoms with Crippen LogP contribution in [0, 0.1) is 17.5 Å². The minimum atomic E-state index is -5.04. The third-order valence-electron chi connectivity index (χ3n) is 4.95. The van der Waals surface area contributed by atoms with Gasteiger partial charge in [-0.2, -0.15) is 22.0 Å². The molecule has 0 fully saturated rings. The Morgan fingerprint density at radius 2 is 1.51 bits per heavy atom. The number of alkyl halides is 5. The van der Waals surface area contributed by atoms with Gasteiger partial charge in [0.2, 0.25) is 0 Å². The number of hydrogen-bond acceptors (Lipinski definition) is 1. The highest BCUT2D eigenvalue weighted by molar-refractivity contribution is 5.65. The highest BCUT2D eigenvalue weighted by Gasteiger charge is 2.35. The predicted molar refractivity (Wildman–Crippen MR) is 112 cm³/mol. The van der Waals surface area contributed by atoms with Crippen molar-refractivity contribution in [3.63, 3.8) is 0 Å². The van der Waals surface area contributed by atoms with Crippen molar-refractivity contribution in [2.75, 3.05) is 0 Å². The second kappa shape index (κ2) is 10.1. The minimum absolute atomic E-state index is 0.117. The van der Waals surface area contributed by atoms with E-state index < -0.39 is 58.5 Å². The maximum Gasteiger partial charge on any atom is 0.426 e. The largest absolute Gasteiger partial charge is 0.429 e. The molecule has 0 heterocycles. The van der Waals surface area contributed by atoms with Gasteiger partial charge in [0.25, 0.3) is 0 Å². The monoisotopic (exact) mass is 504 g/mol. The van der Waals surface area contributed by atoms with E-state index in [2.05, 4.69) is 4.74 Å². The van der Waals surface area contributed by atoms with Crippen LogP contribution in [0.3, 0.4) is 0 Å². The summed E-state index contributed by atoms with van der Waals surface area (Å²) in [5.41, 5.74) is -1.63. The molecule has 0 aromatic heterocycles. The van der Waals surface area contributed by atoms with Crippen molar-refractivity contribution in [3.05, 3.63) is 94.8 Å². The van der Waals surface area contributed by atoms with Crippen LogP contribution in [0.4, 0.5) is 39.5 Å². The smallest absolute Gasteiger partial charge is 0.426 e. The molecule has 0 aliphatic rings. The molecule has 35 heavy (non-hydrogen) atoms. The molecule has 0 radical (unpaired) electrons. The summed E-state index contributed by atoms with van der Waals surface area (Å²) < 4.78 is 127. The molecular weight excluding hydrogens is 487 g/mol. The molecule has 0 N–H and O–H groups in total. The first kappa shape index (κ1) is 26.2. The first-order chi connectivity index (χ1) is 16.3. The van der Waals surface area contributed by atoms with Crippen LogP contribution in [0.15, 0.2) is 60.7 Å². The SMILES string of the molecule is CCCc1ccc(-c2ccc(C(F)(F)Oc3ccc(C(F)=CC(F)(F)F)c(F)c3)cc2)c(F)c1F. The molecule has 0 aliphatic heterocycles. The topological polar surface area (TPSA) is 9.23 Å². The number of ether oxygens (including phenoxy) is 1. The maximum absolute atomic E-state index is 14.6. The van der Waals surface area contributed by atoms with E-state index in [1.807, 2.05) is 0 Å². The van der Waals surface area contributed by atoms with Crippen LogP contribution in [0.25, 0.3) is 17.0 Å². The molecule has 0 bridgehead atoms.